The van der Waals surface area contributed by atoms with Gasteiger partial charge in [-0.25, -0.2) is 0 Å². The third-order valence-corrected chi connectivity index (χ3v) is 4.78. The Kier molecular flexibility index (Phi) is 3.32. The average Bonchev–Trinajstić information content (AvgIpc) is 3.17. The van der Waals surface area contributed by atoms with E-state index in [1.165, 1.54) is 11.3 Å². The van der Waals surface area contributed by atoms with Crippen LogP contribution in [-0.2, 0) is 16.0 Å². The van der Waals surface area contributed by atoms with Crippen LogP contribution in [0.5, 0.6) is 0 Å². The number of rotatable bonds is 3. The number of carbonyl (C=O) groups excluding carboxylic acids is 1. The summed E-state index contributed by atoms with van der Waals surface area (Å²) < 4.78 is 7.21. The van der Waals surface area contributed by atoms with Crippen LogP contribution >= 0.6 is 11.3 Å². The lowest BCUT2D eigenvalue weighted by molar-refractivity contribution is -0.124. The summed E-state index contributed by atoms with van der Waals surface area (Å²) in [6, 6.07) is -0.208. The predicted octanol–water partition coefficient (Wildman–Crippen LogP) is -0.680. The van der Waals surface area contributed by atoms with Crippen LogP contribution in [-0.4, -0.2) is 58.1 Å². The third kappa shape index (κ3) is 2.41. The second-order valence-electron chi connectivity index (χ2n) is 5.31. The van der Waals surface area contributed by atoms with Crippen molar-refractivity contribution in [2.75, 3.05) is 26.3 Å². The van der Waals surface area contributed by atoms with Crippen molar-refractivity contribution < 1.29 is 9.53 Å². The summed E-state index contributed by atoms with van der Waals surface area (Å²) in [5.74, 6) is 1.17. The normalized spacial score (nSPS) is 26.4. The standard InChI is InChI=1S/C12H16N6O2S/c19-11-8(13-2-3-14-11)5-9-17-18-10(7-1-4-20-6-7)15-16-12(18)21-9/h7-8,13H,1-6H2,(H,14,19). The van der Waals surface area contributed by atoms with Gasteiger partial charge in [0.2, 0.25) is 10.9 Å². The maximum atomic E-state index is 11.8. The molecule has 0 radical (unpaired) electrons. The largest absolute Gasteiger partial charge is 0.381 e. The smallest absolute Gasteiger partial charge is 0.237 e. The number of fused-ring (bicyclic) bond motifs is 1. The molecule has 8 nitrogen and oxygen atoms in total. The molecule has 1 amide bonds. The summed E-state index contributed by atoms with van der Waals surface area (Å²) in [7, 11) is 0. The first-order chi connectivity index (χ1) is 10.3. The number of nitrogens with one attached hydrogen (secondary N) is 2. The van der Waals surface area contributed by atoms with Crippen molar-refractivity contribution in [1.82, 2.24) is 30.4 Å². The van der Waals surface area contributed by atoms with E-state index in [1.54, 1.807) is 4.52 Å². The van der Waals surface area contributed by atoms with Crippen LogP contribution in [0.2, 0.25) is 0 Å². The quantitative estimate of drug-likeness (QED) is 0.780. The van der Waals surface area contributed by atoms with Gasteiger partial charge in [0.15, 0.2) is 5.82 Å². The van der Waals surface area contributed by atoms with E-state index in [9.17, 15) is 4.79 Å². The molecular formula is C12H16N6O2S. The molecule has 4 heterocycles. The van der Waals surface area contributed by atoms with E-state index in [0.717, 1.165) is 35.4 Å². The van der Waals surface area contributed by atoms with E-state index in [4.69, 9.17) is 4.74 Å². The lowest BCUT2D eigenvalue weighted by atomic mass is 10.1. The maximum Gasteiger partial charge on any atom is 0.237 e. The van der Waals surface area contributed by atoms with Crippen LogP contribution in [0, 0.1) is 0 Å². The highest BCUT2D eigenvalue weighted by Gasteiger charge is 2.27. The van der Waals surface area contributed by atoms with Gasteiger partial charge >= 0.3 is 0 Å². The zero-order chi connectivity index (χ0) is 14.2. The molecule has 2 fully saturated rings. The highest BCUT2D eigenvalue weighted by Crippen LogP contribution is 2.25. The first-order valence-electron chi connectivity index (χ1n) is 7.11. The summed E-state index contributed by atoms with van der Waals surface area (Å²) in [6.07, 6.45) is 1.54. The number of hydrogen-bond acceptors (Lipinski definition) is 7. The molecule has 4 rings (SSSR count). The van der Waals surface area contributed by atoms with Crippen molar-refractivity contribution in [3.8, 4) is 0 Å². The number of aromatic nitrogens is 4. The van der Waals surface area contributed by atoms with Gasteiger partial charge in [-0.3, -0.25) is 4.79 Å². The van der Waals surface area contributed by atoms with Gasteiger partial charge in [-0.15, -0.1) is 10.2 Å². The molecule has 112 valence electrons. The summed E-state index contributed by atoms with van der Waals surface area (Å²) in [6.45, 7) is 2.93. The first kappa shape index (κ1) is 13.1. The van der Waals surface area contributed by atoms with E-state index in [-0.39, 0.29) is 17.9 Å². The van der Waals surface area contributed by atoms with Gasteiger partial charge in [0.05, 0.1) is 12.6 Å². The molecule has 2 unspecified atom stereocenters. The number of piperazine rings is 1. The van der Waals surface area contributed by atoms with Gasteiger partial charge in [-0.2, -0.15) is 9.61 Å². The second kappa shape index (κ2) is 5.32. The molecule has 9 heteroatoms. The third-order valence-electron chi connectivity index (χ3n) is 3.86. The minimum Gasteiger partial charge on any atom is -0.381 e. The predicted molar refractivity (Wildman–Crippen MR) is 75.3 cm³/mol. The first-order valence-corrected chi connectivity index (χ1v) is 7.93. The van der Waals surface area contributed by atoms with Gasteiger partial charge in [-0.05, 0) is 6.42 Å². The minimum atomic E-state index is -0.208. The Balaban J connectivity index is 1.57. The van der Waals surface area contributed by atoms with Gasteiger partial charge in [-0.1, -0.05) is 11.3 Å². The van der Waals surface area contributed by atoms with Crippen molar-refractivity contribution in [2.24, 2.45) is 0 Å². The SMILES string of the molecule is O=C1NCCNC1Cc1nn2c(C3CCOC3)nnc2s1. The van der Waals surface area contributed by atoms with Gasteiger partial charge < -0.3 is 15.4 Å². The molecular weight excluding hydrogens is 292 g/mol. The molecule has 0 spiro atoms. The van der Waals surface area contributed by atoms with E-state index < -0.39 is 0 Å². The zero-order valence-corrected chi connectivity index (χ0v) is 12.2. The fourth-order valence-electron chi connectivity index (χ4n) is 2.73. The van der Waals surface area contributed by atoms with E-state index >= 15 is 0 Å². The Hall–Kier alpha value is -1.58. The lowest BCUT2D eigenvalue weighted by Crippen LogP contribution is -2.53. The highest BCUT2D eigenvalue weighted by atomic mass is 32.1. The Bertz CT molecular complexity index is 662. The van der Waals surface area contributed by atoms with Crippen molar-refractivity contribution >= 4 is 22.2 Å². The monoisotopic (exact) mass is 308 g/mol. The minimum absolute atomic E-state index is 0.0385. The molecule has 2 aliphatic rings. The van der Waals surface area contributed by atoms with Gasteiger partial charge in [0.1, 0.15) is 5.01 Å². The van der Waals surface area contributed by atoms with Gasteiger partial charge in [0, 0.05) is 32.0 Å². The lowest BCUT2D eigenvalue weighted by Gasteiger charge is -2.22. The molecule has 0 aromatic carbocycles. The fraction of sp³-hybridized carbons (Fsp3) is 0.667. The Morgan fingerprint density at radius 1 is 1.38 bits per heavy atom. The Morgan fingerprint density at radius 2 is 2.33 bits per heavy atom. The Labute approximate surface area is 124 Å². The molecule has 2 aromatic rings. The summed E-state index contributed by atoms with van der Waals surface area (Å²) >= 11 is 1.49. The second-order valence-corrected chi connectivity index (χ2v) is 6.35. The van der Waals surface area contributed by atoms with Crippen LogP contribution in [0.3, 0.4) is 0 Å². The molecule has 0 bridgehead atoms. The van der Waals surface area contributed by atoms with Crippen LogP contribution in [0.25, 0.3) is 4.96 Å². The summed E-state index contributed by atoms with van der Waals surface area (Å²) in [5.41, 5.74) is 0. The number of carbonyl (C=O) groups is 1. The summed E-state index contributed by atoms with van der Waals surface area (Å²) in [4.78, 5) is 12.6. The topological polar surface area (TPSA) is 93.4 Å². The van der Waals surface area contributed by atoms with Crippen LogP contribution in [0.1, 0.15) is 23.2 Å². The number of ether oxygens (including phenoxy) is 1. The Morgan fingerprint density at radius 3 is 3.14 bits per heavy atom. The molecule has 2 N–H and O–H groups in total. The van der Waals surface area contributed by atoms with Crippen molar-refractivity contribution in [2.45, 2.75) is 24.8 Å². The van der Waals surface area contributed by atoms with Gasteiger partial charge in [0.25, 0.3) is 0 Å². The van der Waals surface area contributed by atoms with Crippen LogP contribution in [0.4, 0.5) is 0 Å². The van der Waals surface area contributed by atoms with Crippen molar-refractivity contribution in [3.05, 3.63) is 10.8 Å². The molecule has 0 saturated carbocycles. The number of nitrogens with zero attached hydrogens (tertiary/aromatic N) is 4. The van der Waals surface area contributed by atoms with Crippen LogP contribution in [0.15, 0.2) is 0 Å². The molecule has 2 saturated heterocycles. The van der Waals surface area contributed by atoms with Crippen molar-refractivity contribution in [3.63, 3.8) is 0 Å². The van der Waals surface area contributed by atoms with Crippen molar-refractivity contribution in [1.29, 1.82) is 0 Å². The zero-order valence-electron chi connectivity index (χ0n) is 11.4. The fourth-order valence-corrected chi connectivity index (χ4v) is 3.62. The molecule has 2 aromatic heterocycles. The maximum absolute atomic E-state index is 11.8. The number of amides is 1. The molecule has 2 aliphatic heterocycles. The summed E-state index contributed by atoms with van der Waals surface area (Å²) in [5, 5.41) is 20.0. The van der Waals surface area contributed by atoms with E-state index in [2.05, 4.69) is 25.9 Å². The average molecular weight is 308 g/mol. The molecule has 2 atom stereocenters. The highest BCUT2D eigenvalue weighted by molar-refractivity contribution is 7.16. The van der Waals surface area contributed by atoms with Crippen LogP contribution < -0.4 is 10.6 Å². The number of hydrogen-bond donors (Lipinski definition) is 2. The molecule has 21 heavy (non-hydrogen) atoms. The molecule has 0 aliphatic carbocycles. The van der Waals surface area contributed by atoms with E-state index in [0.29, 0.717) is 19.6 Å². The van der Waals surface area contributed by atoms with E-state index in [1.807, 2.05) is 0 Å².